The van der Waals surface area contributed by atoms with E-state index in [-0.39, 0.29) is 6.85 Å². The van der Waals surface area contributed by atoms with E-state index in [1.54, 1.807) is 0 Å². The number of nitrogens with zero attached hydrogens (tertiary/aromatic N) is 4. The highest BCUT2D eigenvalue weighted by molar-refractivity contribution is 6.86. The summed E-state index contributed by atoms with van der Waals surface area (Å²) < 4.78 is 9.01. The van der Waals surface area contributed by atoms with Crippen molar-refractivity contribution in [1.82, 2.24) is 14.4 Å². The second-order valence-electron chi connectivity index (χ2n) is 12.7. The Hall–Kier alpha value is -4.97. The molecule has 0 bridgehead atoms. The normalized spacial score (nSPS) is 13.0. The van der Waals surface area contributed by atoms with Crippen LogP contribution >= 0.6 is 0 Å². The Bertz CT molecular complexity index is 2020. The van der Waals surface area contributed by atoms with E-state index in [0.717, 1.165) is 45.8 Å². The molecule has 4 aromatic carbocycles. The van der Waals surface area contributed by atoms with Gasteiger partial charge in [0.2, 0.25) is 0 Å². The van der Waals surface area contributed by atoms with Crippen LogP contribution in [0.1, 0.15) is 33.4 Å². The van der Waals surface area contributed by atoms with Crippen molar-refractivity contribution in [2.75, 3.05) is 18.6 Å². The molecule has 0 saturated carbocycles. The van der Waals surface area contributed by atoms with Gasteiger partial charge in [0.05, 0.1) is 17.7 Å². The zero-order chi connectivity index (χ0) is 31.4. The molecule has 0 unspecified atom stereocenters. The van der Waals surface area contributed by atoms with Crippen LogP contribution in [-0.4, -0.2) is 34.9 Å². The van der Waals surface area contributed by atoms with Crippen LogP contribution in [0, 0.1) is 41.5 Å². The fourth-order valence-electron chi connectivity index (χ4n) is 7.39. The van der Waals surface area contributed by atoms with Gasteiger partial charge in [0, 0.05) is 48.3 Å². The molecular formula is C39H39BN4O. The number of aryl methyl sites for hydroxylation is 6. The molecule has 0 atom stereocenters. The van der Waals surface area contributed by atoms with Gasteiger partial charge in [0.25, 0.3) is 0 Å². The first-order chi connectivity index (χ1) is 21.7. The molecular weight excluding hydrogens is 551 g/mol. The minimum absolute atomic E-state index is 0.0227. The summed E-state index contributed by atoms with van der Waals surface area (Å²) in [5, 5.41) is 1.08. The van der Waals surface area contributed by atoms with Crippen molar-refractivity contribution in [3.05, 3.63) is 131 Å². The highest BCUT2D eigenvalue weighted by atomic mass is 16.5. The standard InChI is InChI=1S/C39H39BN4O/c1-25-18-27(3)37(28(4)19-25)40(38-29(5)20-26(2)21-30(38)6)44-35-14-13-33(23-34(35)39-36(44)12-9-15-41-39)45-32-11-8-10-31(22-32)43-17-16-42(7)24-43/h8-23H,24H2,1-7H3. The van der Waals surface area contributed by atoms with Gasteiger partial charge in [0.15, 0.2) is 0 Å². The number of ether oxygens (including phenoxy) is 1. The van der Waals surface area contributed by atoms with E-state index >= 15 is 0 Å². The predicted molar refractivity (Wildman–Crippen MR) is 190 cm³/mol. The largest absolute Gasteiger partial charge is 0.457 e. The Kier molecular flexibility index (Phi) is 7.16. The first-order valence-corrected chi connectivity index (χ1v) is 15.6. The molecule has 7 rings (SSSR count). The lowest BCUT2D eigenvalue weighted by atomic mass is 9.46. The molecule has 0 N–H and O–H groups in total. The second-order valence-corrected chi connectivity index (χ2v) is 12.7. The lowest BCUT2D eigenvalue weighted by Crippen LogP contribution is -2.53. The third kappa shape index (κ3) is 5.14. The van der Waals surface area contributed by atoms with Crippen LogP contribution in [0.15, 0.2) is 97.5 Å². The Morgan fingerprint density at radius 3 is 1.93 bits per heavy atom. The third-order valence-corrected chi connectivity index (χ3v) is 9.07. The third-order valence-electron chi connectivity index (χ3n) is 9.07. The van der Waals surface area contributed by atoms with Crippen LogP contribution in [0.25, 0.3) is 21.9 Å². The van der Waals surface area contributed by atoms with E-state index in [1.807, 2.05) is 24.4 Å². The van der Waals surface area contributed by atoms with E-state index in [1.165, 1.54) is 44.3 Å². The molecule has 0 aliphatic carbocycles. The van der Waals surface area contributed by atoms with Crippen LogP contribution in [0.4, 0.5) is 5.69 Å². The minimum Gasteiger partial charge on any atom is -0.457 e. The van der Waals surface area contributed by atoms with Gasteiger partial charge in [-0.1, -0.05) is 63.7 Å². The Morgan fingerprint density at radius 1 is 0.667 bits per heavy atom. The van der Waals surface area contributed by atoms with E-state index < -0.39 is 0 Å². The lowest BCUT2D eigenvalue weighted by Gasteiger charge is -2.26. The van der Waals surface area contributed by atoms with Crippen molar-refractivity contribution >= 4 is 45.4 Å². The van der Waals surface area contributed by atoms with Crippen molar-refractivity contribution in [3.8, 4) is 11.5 Å². The van der Waals surface area contributed by atoms with Gasteiger partial charge in [-0.25, -0.2) is 0 Å². The van der Waals surface area contributed by atoms with Crippen molar-refractivity contribution in [3.63, 3.8) is 0 Å². The van der Waals surface area contributed by atoms with E-state index in [2.05, 4.69) is 136 Å². The van der Waals surface area contributed by atoms with Crippen LogP contribution in [0.5, 0.6) is 11.5 Å². The average Bonchev–Trinajstić information content (AvgIpc) is 3.56. The number of anilines is 1. The number of benzene rings is 4. The van der Waals surface area contributed by atoms with Crippen LogP contribution in [0.2, 0.25) is 0 Å². The van der Waals surface area contributed by atoms with Gasteiger partial charge < -0.3 is 19.0 Å². The minimum atomic E-state index is -0.0227. The van der Waals surface area contributed by atoms with Crippen molar-refractivity contribution in [1.29, 1.82) is 0 Å². The maximum Gasteiger partial charge on any atom is 0.329 e. The second kappa shape index (κ2) is 11.2. The number of pyridine rings is 1. The van der Waals surface area contributed by atoms with Gasteiger partial charge in [-0.3, -0.25) is 4.98 Å². The van der Waals surface area contributed by atoms with E-state index in [9.17, 15) is 0 Å². The fourth-order valence-corrected chi connectivity index (χ4v) is 7.39. The van der Waals surface area contributed by atoms with Gasteiger partial charge >= 0.3 is 6.85 Å². The van der Waals surface area contributed by atoms with Crippen molar-refractivity contribution < 1.29 is 4.74 Å². The van der Waals surface area contributed by atoms with Gasteiger partial charge in [-0.15, -0.1) is 0 Å². The number of rotatable bonds is 6. The summed E-state index contributed by atoms with van der Waals surface area (Å²) in [4.78, 5) is 9.30. The molecule has 0 radical (unpaired) electrons. The zero-order valence-electron chi connectivity index (χ0n) is 27.2. The molecule has 0 amide bonds. The summed E-state index contributed by atoms with van der Waals surface area (Å²) in [6.45, 7) is 14.2. The molecule has 0 fully saturated rings. The summed E-state index contributed by atoms with van der Waals surface area (Å²) in [7, 11) is 2.07. The van der Waals surface area contributed by atoms with Crippen LogP contribution in [-0.2, 0) is 0 Å². The van der Waals surface area contributed by atoms with E-state index in [0.29, 0.717) is 0 Å². The molecule has 5 nitrogen and oxygen atoms in total. The molecule has 2 aromatic heterocycles. The predicted octanol–water partition coefficient (Wildman–Crippen LogP) is 7.67. The SMILES string of the molecule is Cc1cc(C)c(B(c2c(C)cc(C)cc2C)n2c3ccc(Oc4cccc(N5C=CN(C)C5)c4)cc3c3ncccc32)c(C)c1. The molecule has 0 spiro atoms. The highest BCUT2D eigenvalue weighted by Crippen LogP contribution is 2.34. The molecule has 0 saturated heterocycles. The van der Waals surface area contributed by atoms with Gasteiger partial charge in [0.1, 0.15) is 11.5 Å². The molecule has 224 valence electrons. The summed E-state index contributed by atoms with van der Waals surface area (Å²) >= 11 is 0. The molecule has 6 heteroatoms. The van der Waals surface area contributed by atoms with Gasteiger partial charge in [-0.2, -0.15) is 0 Å². The fraction of sp³-hybridized carbons (Fsp3) is 0.205. The maximum absolute atomic E-state index is 6.50. The monoisotopic (exact) mass is 590 g/mol. The summed E-state index contributed by atoms with van der Waals surface area (Å²) in [6.07, 6.45) is 6.07. The summed E-state index contributed by atoms with van der Waals surface area (Å²) in [5.41, 5.74) is 14.8. The van der Waals surface area contributed by atoms with Gasteiger partial charge in [-0.05, 0) is 94.9 Å². The number of fused-ring (bicyclic) bond motifs is 3. The average molecular weight is 591 g/mol. The molecule has 1 aliphatic heterocycles. The topological polar surface area (TPSA) is 33.5 Å². The zero-order valence-corrected chi connectivity index (χ0v) is 27.2. The summed E-state index contributed by atoms with van der Waals surface area (Å²) in [5.74, 6) is 1.60. The van der Waals surface area contributed by atoms with Crippen molar-refractivity contribution in [2.24, 2.45) is 0 Å². The van der Waals surface area contributed by atoms with E-state index in [4.69, 9.17) is 9.72 Å². The Labute approximate surface area is 266 Å². The lowest BCUT2D eigenvalue weighted by molar-refractivity contribution is 0.481. The summed E-state index contributed by atoms with van der Waals surface area (Å²) in [6, 6.07) is 28.2. The number of hydrogen-bond acceptors (Lipinski definition) is 4. The molecule has 1 aliphatic rings. The molecule has 3 heterocycles. The molecule has 6 aromatic rings. The smallest absolute Gasteiger partial charge is 0.329 e. The Morgan fingerprint density at radius 2 is 1.31 bits per heavy atom. The molecule has 45 heavy (non-hydrogen) atoms. The first kappa shape index (κ1) is 28.8. The maximum atomic E-state index is 6.50. The van der Waals surface area contributed by atoms with Crippen LogP contribution < -0.4 is 20.6 Å². The quantitative estimate of drug-likeness (QED) is 0.187. The van der Waals surface area contributed by atoms with Crippen molar-refractivity contribution in [2.45, 2.75) is 41.5 Å². The number of aromatic nitrogens is 2. The highest BCUT2D eigenvalue weighted by Gasteiger charge is 2.32. The van der Waals surface area contributed by atoms with Crippen LogP contribution in [0.3, 0.4) is 0 Å². The first-order valence-electron chi connectivity index (χ1n) is 15.6. The Balaban J connectivity index is 1.41. The number of hydrogen-bond donors (Lipinski definition) is 0.